The van der Waals surface area contributed by atoms with Crippen LogP contribution < -0.4 is 5.73 Å². The fourth-order valence-electron chi connectivity index (χ4n) is 2.11. The summed E-state index contributed by atoms with van der Waals surface area (Å²) >= 11 is 0. The van der Waals surface area contributed by atoms with E-state index in [1.165, 1.54) is 5.56 Å². The lowest BCUT2D eigenvalue weighted by molar-refractivity contribution is 0.0883. The molecule has 0 spiro atoms. The van der Waals surface area contributed by atoms with Gasteiger partial charge in [0.05, 0.1) is 5.54 Å². The van der Waals surface area contributed by atoms with Gasteiger partial charge in [-0.3, -0.25) is 4.79 Å². The summed E-state index contributed by atoms with van der Waals surface area (Å²) in [4.78, 5) is 12.3. The van der Waals surface area contributed by atoms with Crippen molar-refractivity contribution in [1.82, 2.24) is 0 Å². The predicted molar refractivity (Wildman–Crippen MR) is 65.5 cm³/mol. The Labute approximate surface area is 96.8 Å². The number of aryl methyl sites for hydroxylation is 1. The minimum absolute atomic E-state index is 0.0882. The number of nitrogens with two attached hydrogens (primary N) is 1. The van der Waals surface area contributed by atoms with E-state index in [0.717, 1.165) is 24.8 Å². The lowest BCUT2D eigenvalue weighted by Gasteiger charge is -2.22. The minimum atomic E-state index is -0.674. The van der Waals surface area contributed by atoms with Crippen LogP contribution in [0.15, 0.2) is 24.3 Å². The number of carbonyl (C=O) groups is 1. The summed E-state index contributed by atoms with van der Waals surface area (Å²) in [5, 5.41) is 0. The van der Waals surface area contributed by atoms with E-state index < -0.39 is 5.54 Å². The van der Waals surface area contributed by atoms with Crippen LogP contribution >= 0.6 is 0 Å². The van der Waals surface area contributed by atoms with Crippen LogP contribution in [0.3, 0.4) is 0 Å². The van der Waals surface area contributed by atoms with Crippen LogP contribution in [0.1, 0.15) is 42.6 Å². The lowest BCUT2D eigenvalue weighted by Crippen LogP contribution is -2.47. The molecular formula is C14H19NO. The predicted octanol–water partition coefficient (Wildman–Crippen LogP) is 2.56. The third kappa shape index (κ3) is 2.03. The molecule has 1 aliphatic carbocycles. The third-order valence-electron chi connectivity index (χ3n) is 3.51. The van der Waals surface area contributed by atoms with Gasteiger partial charge in [0, 0.05) is 5.56 Å². The number of rotatable bonds is 4. The Hall–Kier alpha value is -1.15. The van der Waals surface area contributed by atoms with Gasteiger partial charge in [0.1, 0.15) is 0 Å². The summed E-state index contributed by atoms with van der Waals surface area (Å²) < 4.78 is 0. The van der Waals surface area contributed by atoms with Gasteiger partial charge in [-0.15, -0.1) is 0 Å². The van der Waals surface area contributed by atoms with Gasteiger partial charge in [-0.2, -0.15) is 0 Å². The molecule has 1 unspecified atom stereocenters. The van der Waals surface area contributed by atoms with E-state index in [-0.39, 0.29) is 5.78 Å². The van der Waals surface area contributed by atoms with E-state index in [1.54, 1.807) is 0 Å². The Morgan fingerprint density at radius 3 is 2.75 bits per heavy atom. The maximum atomic E-state index is 12.3. The molecule has 1 fully saturated rings. The van der Waals surface area contributed by atoms with E-state index in [4.69, 9.17) is 5.73 Å². The molecule has 16 heavy (non-hydrogen) atoms. The van der Waals surface area contributed by atoms with Gasteiger partial charge < -0.3 is 5.73 Å². The standard InChI is InChI=1S/C14H19NO/c1-3-10-5-4-6-11(9-10)13(16)14(2,15)12-7-8-12/h4-6,9,12H,3,7-8,15H2,1-2H3. The van der Waals surface area contributed by atoms with Gasteiger partial charge in [0.15, 0.2) is 5.78 Å². The van der Waals surface area contributed by atoms with E-state index in [0.29, 0.717) is 5.92 Å². The van der Waals surface area contributed by atoms with Crippen molar-refractivity contribution in [1.29, 1.82) is 0 Å². The molecular weight excluding hydrogens is 198 g/mol. The van der Waals surface area contributed by atoms with Crippen molar-refractivity contribution in [2.24, 2.45) is 11.7 Å². The molecule has 1 aromatic rings. The molecule has 1 aromatic carbocycles. The summed E-state index contributed by atoms with van der Waals surface area (Å²) in [6, 6.07) is 7.82. The number of carbonyl (C=O) groups excluding carboxylic acids is 1. The second-order valence-corrected chi connectivity index (χ2v) is 4.94. The first-order valence-electron chi connectivity index (χ1n) is 5.98. The summed E-state index contributed by atoms with van der Waals surface area (Å²) in [6.45, 7) is 3.96. The normalized spacial score (nSPS) is 19.2. The molecule has 86 valence electrons. The third-order valence-corrected chi connectivity index (χ3v) is 3.51. The zero-order chi connectivity index (χ0) is 11.8. The highest BCUT2D eigenvalue weighted by Gasteiger charge is 2.44. The average molecular weight is 217 g/mol. The number of Topliss-reactive ketones (excluding diaryl/α,β-unsaturated/α-hetero) is 1. The van der Waals surface area contributed by atoms with Gasteiger partial charge >= 0.3 is 0 Å². The van der Waals surface area contributed by atoms with E-state index >= 15 is 0 Å². The van der Waals surface area contributed by atoms with Crippen LogP contribution in [0.25, 0.3) is 0 Å². The second kappa shape index (κ2) is 4.02. The molecule has 1 aliphatic rings. The molecule has 1 saturated carbocycles. The van der Waals surface area contributed by atoms with Crippen molar-refractivity contribution in [2.45, 2.75) is 38.6 Å². The molecule has 0 amide bonds. The van der Waals surface area contributed by atoms with Crippen LogP contribution in [0.5, 0.6) is 0 Å². The highest BCUT2D eigenvalue weighted by molar-refractivity contribution is 6.03. The maximum Gasteiger partial charge on any atom is 0.182 e. The molecule has 0 bridgehead atoms. The highest BCUT2D eigenvalue weighted by Crippen LogP contribution is 2.39. The smallest absolute Gasteiger partial charge is 0.182 e. The highest BCUT2D eigenvalue weighted by atomic mass is 16.1. The Morgan fingerprint density at radius 2 is 2.19 bits per heavy atom. The van der Waals surface area contributed by atoms with Crippen molar-refractivity contribution in [2.75, 3.05) is 0 Å². The SMILES string of the molecule is CCc1cccc(C(=O)C(C)(N)C2CC2)c1. The average Bonchev–Trinajstić information content (AvgIpc) is 3.12. The fraction of sp³-hybridized carbons (Fsp3) is 0.500. The first-order valence-corrected chi connectivity index (χ1v) is 5.98. The number of hydrogen-bond acceptors (Lipinski definition) is 2. The van der Waals surface area contributed by atoms with Gasteiger partial charge in [-0.25, -0.2) is 0 Å². The van der Waals surface area contributed by atoms with Crippen molar-refractivity contribution in [3.63, 3.8) is 0 Å². The summed E-state index contributed by atoms with van der Waals surface area (Å²) in [5.41, 5.74) is 7.42. The summed E-state index contributed by atoms with van der Waals surface area (Å²) in [7, 11) is 0. The van der Waals surface area contributed by atoms with Gasteiger partial charge in [0.25, 0.3) is 0 Å². The zero-order valence-electron chi connectivity index (χ0n) is 9.99. The molecule has 0 radical (unpaired) electrons. The van der Waals surface area contributed by atoms with Gasteiger partial charge in [-0.05, 0) is 43.7 Å². The fourth-order valence-corrected chi connectivity index (χ4v) is 2.11. The number of hydrogen-bond donors (Lipinski definition) is 1. The van der Waals surface area contributed by atoms with Gasteiger partial charge in [-0.1, -0.05) is 25.1 Å². The van der Waals surface area contributed by atoms with Crippen LogP contribution in [-0.4, -0.2) is 11.3 Å². The maximum absolute atomic E-state index is 12.3. The van der Waals surface area contributed by atoms with E-state index in [2.05, 4.69) is 6.92 Å². The first-order chi connectivity index (χ1) is 7.55. The van der Waals surface area contributed by atoms with E-state index in [9.17, 15) is 4.79 Å². The molecule has 2 nitrogen and oxygen atoms in total. The van der Waals surface area contributed by atoms with Crippen molar-refractivity contribution >= 4 is 5.78 Å². The molecule has 2 rings (SSSR count). The Bertz CT molecular complexity index is 405. The summed E-state index contributed by atoms with van der Waals surface area (Å²) in [6.07, 6.45) is 3.13. The van der Waals surface area contributed by atoms with Crippen LogP contribution in [-0.2, 0) is 6.42 Å². The quantitative estimate of drug-likeness (QED) is 0.788. The number of benzene rings is 1. The van der Waals surface area contributed by atoms with E-state index in [1.807, 2.05) is 31.2 Å². The first kappa shape index (κ1) is 11.3. The molecule has 2 heteroatoms. The van der Waals surface area contributed by atoms with Crippen molar-refractivity contribution < 1.29 is 4.79 Å². The van der Waals surface area contributed by atoms with Crippen LogP contribution in [0.4, 0.5) is 0 Å². The molecule has 0 aliphatic heterocycles. The van der Waals surface area contributed by atoms with Crippen LogP contribution in [0, 0.1) is 5.92 Å². The minimum Gasteiger partial charge on any atom is -0.319 e. The Kier molecular flexibility index (Phi) is 2.85. The van der Waals surface area contributed by atoms with Crippen molar-refractivity contribution in [3.8, 4) is 0 Å². The molecule has 0 heterocycles. The molecule has 2 N–H and O–H groups in total. The summed E-state index contributed by atoms with van der Waals surface area (Å²) in [5.74, 6) is 0.468. The molecule has 0 aromatic heterocycles. The largest absolute Gasteiger partial charge is 0.319 e. The Balaban J connectivity index is 2.25. The Morgan fingerprint density at radius 1 is 1.50 bits per heavy atom. The number of ketones is 1. The van der Waals surface area contributed by atoms with Crippen LogP contribution in [0.2, 0.25) is 0 Å². The second-order valence-electron chi connectivity index (χ2n) is 4.94. The van der Waals surface area contributed by atoms with Crippen molar-refractivity contribution in [3.05, 3.63) is 35.4 Å². The van der Waals surface area contributed by atoms with Gasteiger partial charge in [0.2, 0.25) is 0 Å². The monoisotopic (exact) mass is 217 g/mol. The molecule has 0 saturated heterocycles. The lowest BCUT2D eigenvalue weighted by atomic mass is 9.87. The molecule has 1 atom stereocenters. The zero-order valence-corrected chi connectivity index (χ0v) is 9.99. The topological polar surface area (TPSA) is 43.1 Å².